The van der Waals surface area contributed by atoms with Crippen LogP contribution in [0.2, 0.25) is 0 Å². The van der Waals surface area contributed by atoms with Gasteiger partial charge >= 0.3 is 0 Å². The molecule has 0 saturated carbocycles. The fourth-order valence-corrected chi connectivity index (χ4v) is 1.16. The van der Waals surface area contributed by atoms with E-state index in [2.05, 4.69) is 0 Å². The highest BCUT2D eigenvalue weighted by Crippen LogP contribution is 2.22. The SMILES string of the molecule is CN(C)C=CC(=O)C1COC(C)(C)O1. The summed E-state index contributed by atoms with van der Waals surface area (Å²) in [7, 11) is 3.72. The number of rotatable bonds is 3. The molecule has 0 bridgehead atoms. The summed E-state index contributed by atoms with van der Waals surface area (Å²) in [5, 5.41) is 0. The smallest absolute Gasteiger partial charge is 0.188 e. The molecule has 4 nitrogen and oxygen atoms in total. The van der Waals surface area contributed by atoms with Crippen LogP contribution in [0.25, 0.3) is 0 Å². The summed E-state index contributed by atoms with van der Waals surface area (Å²) in [5.41, 5.74) is 0. The van der Waals surface area contributed by atoms with Gasteiger partial charge in [0.05, 0.1) is 6.61 Å². The third-order valence-corrected chi connectivity index (χ3v) is 1.86. The van der Waals surface area contributed by atoms with Crippen LogP contribution in [0.5, 0.6) is 0 Å². The van der Waals surface area contributed by atoms with E-state index < -0.39 is 11.9 Å². The lowest BCUT2D eigenvalue weighted by molar-refractivity contribution is -0.149. The first-order valence-electron chi connectivity index (χ1n) is 4.61. The molecule has 1 rings (SSSR count). The number of carbonyl (C=O) groups excluding carboxylic acids is 1. The summed E-state index contributed by atoms with van der Waals surface area (Å²) in [5.74, 6) is -0.684. The Hall–Kier alpha value is -0.870. The monoisotopic (exact) mass is 199 g/mol. The van der Waals surface area contributed by atoms with E-state index in [9.17, 15) is 4.79 Å². The highest BCUT2D eigenvalue weighted by molar-refractivity contribution is 5.93. The van der Waals surface area contributed by atoms with E-state index in [-0.39, 0.29) is 5.78 Å². The molecule has 0 aliphatic carbocycles. The summed E-state index contributed by atoms with van der Waals surface area (Å²) in [6.45, 7) is 3.94. The molecule has 80 valence electrons. The molecule has 1 atom stereocenters. The van der Waals surface area contributed by atoms with Crippen molar-refractivity contribution in [2.45, 2.75) is 25.7 Å². The summed E-state index contributed by atoms with van der Waals surface area (Å²) in [6, 6.07) is 0. The van der Waals surface area contributed by atoms with Crippen molar-refractivity contribution in [1.82, 2.24) is 4.90 Å². The molecule has 0 N–H and O–H groups in total. The van der Waals surface area contributed by atoms with Gasteiger partial charge in [0.2, 0.25) is 0 Å². The van der Waals surface area contributed by atoms with Crippen molar-refractivity contribution in [2.75, 3.05) is 20.7 Å². The van der Waals surface area contributed by atoms with Gasteiger partial charge < -0.3 is 14.4 Å². The van der Waals surface area contributed by atoms with Crippen LogP contribution in [0.3, 0.4) is 0 Å². The van der Waals surface area contributed by atoms with Crippen molar-refractivity contribution in [1.29, 1.82) is 0 Å². The summed E-state index contributed by atoms with van der Waals surface area (Å²) in [6.07, 6.45) is 2.76. The molecular formula is C10H17NO3. The Morgan fingerprint density at radius 2 is 2.14 bits per heavy atom. The van der Waals surface area contributed by atoms with E-state index >= 15 is 0 Å². The molecule has 1 fully saturated rings. The Bertz CT molecular complexity index is 246. The van der Waals surface area contributed by atoms with E-state index in [0.717, 1.165) is 0 Å². The minimum absolute atomic E-state index is 0.0516. The van der Waals surface area contributed by atoms with Crippen LogP contribution in [0.4, 0.5) is 0 Å². The van der Waals surface area contributed by atoms with Gasteiger partial charge in [-0.15, -0.1) is 0 Å². The second-order valence-electron chi connectivity index (χ2n) is 4.00. The van der Waals surface area contributed by atoms with Gasteiger partial charge in [0.15, 0.2) is 11.6 Å². The van der Waals surface area contributed by atoms with Crippen molar-refractivity contribution in [3.8, 4) is 0 Å². The minimum Gasteiger partial charge on any atom is -0.383 e. The van der Waals surface area contributed by atoms with E-state index in [1.54, 1.807) is 24.9 Å². The molecule has 1 heterocycles. The molecule has 0 amide bonds. The van der Waals surface area contributed by atoms with Crippen LogP contribution >= 0.6 is 0 Å². The highest BCUT2D eigenvalue weighted by Gasteiger charge is 2.35. The lowest BCUT2D eigenvalue weighted by Crippen LogP contribution is -2.25. The number of ether oxygens (including phenoxy) is 2. The summed E-state index contributed by atoms with van der Waals surface area (Å²) >= 11 is 0. The Morgan fingerprint density at radius 1 is 1.50 bits per heavy atom. The normalized spacial score (nSPS) is 25.6. The van der Waals surface area contributed by atoms with Crippen LogP contribution in [-0.4, -0.2) is 43.3 Å². The maximum Gasteiger partial charge on any atom is 0.188 e. The zero-order chi connectivity index (χ0) is 10.8. The average Bonchev–Trinajstić information content (AvgIpc) is 2.41. The predicted octanol–water partition coefficient (Wildman–Crippen LogP) is 0.782. The van der Waals surface area contributed by atoms with Crippen LogP contribution in [0, 0.1) is 0 Å². The highest BCUT2D eigenvalue weighted by atomic mass is 16.7. The summed E-state index contributed by atoms with van der Waals surface area (Å²) in [4.78, 5) is 13.3. The molecule has 1 saturated heterocycles. The zero-order valence-corrected chi connectivity index (χ0v) is 9.11. The quantitative estimate of drug-likeness (QED) is 0.630. The van der Waals surface area contributed by atoms with Crippen molar-refractivity contribution >= 4 is 5.78 Å². The molecule has 0 aromatic rings. The second kappa shape index (κ2) is 4.11. The standard InChI is InChI=1S/C10H17NO3/c1-10(2)13-7-9(14-10)8(12)5-6-11(3)4/h5-6,9H,7H2,1-4H3. The number of carbonyl (C=O) groups is 1. The van der Waals surface area contributed by atoms with Crippen LogP contribution in [-0.2, 0) is 14.3 Å². The van der Waals surface area contributed by atoms with Gasteiger partial charge in [0, 0.05) is 20.3 Å². The minimum atomic E-state index is -0.633. The lowest BCUT2D eigenvalue weighted by atomic mass is 10.2. The van der Waals surface area contributed by atoms with Gasteiger partial charge in [-0.2, -0.15) is 0 Å². The van der Waals surface area contributed by atoms with Crippen LogP contribution in [0.1, 0.15) is 13.8 Å². The van der Waals surface area contributed by atoms with Crippen molar-refractivity contribution in [3.63, 3.8) is 0 Å². The van der Waals surface area contributed by atoms with E-state index in [0.29, 0.717) is 6.61 Å². The average molecular weight is 199 g/mol. The Balaban J connectivity index is 2.48. The molecule has 1 unspecified atom stereocenters. The van der Waals surface area contributed by atoms with Crippen molar-refractivity contribution in [3.05, 3.63) is 12.3 Å². The first kappa shape index (κ1) is 11.2. The molecule has 0 aromatic carbocycles. The molecule has 0 radical (unpaired) electrons. The van der Waals surface area contributed by atoms with Gasteiger partial charge in [-0.3, -0.25) is 4.79 Å². The fourth-order valence-electron chi connectivity index (χ4n) is 1.16. The van der Waals surface area contributed by atoms with E-state index in [1.807, 2.05) is 14.1 Å². The van der Waals surface area contributed by atoms with Crippen LogP contribution < -0.4 is 0 Å². The van der Waals surface area contributed by atoms with Gasteiger partial charge in [0.25, 0.3) is 0 Å². The Kier molecular flexibility index (Phi) is 3.29. The van der Waals surface area contributed by atoms with Crippen molar-refractivity contribution < 1.29 is 14.3 Å². The zero-order valence-electron chi connectivity index (χ0n) is 9.11. The maximum atomic E-state index is 11.5. The van der Waals surface area contributed by atoms with Crippen LogP contribution in [0.15, 0.2) is 12.3 Å². The lowest BCUT2D eigenvalue weighted by Gasteiger charge is -2.15. The topological polar surface area (TPSA) is 38.8 Å². The van der Waals surface area contributed by atoms with Crippen molar-refractivity contribution in [2.24, 2.45) is 0 Å². The fraction of sp³-hybridized carbons (Fsp3) is 0.700. The van der Waals surface area contributed by atoms with Gasteiger partial charge in [-0.25, -0.2) is 0 Å². The molecular weight excluding hydrogens is 182 g/mol. The number of ketones is 1. The second-order valence-corrected chi connectivity index (χ2v) is 4.00. The third-order valence-electron chi connectivity index (χ3n) is 1.86. The Labute approximate surface area is 84.5 Å². The molecule has 1 aliphatic heterocycles. The molecule has 0 aromatic heterocycles. The summed E-state index contributed by atoms with van der Waals surface area (Å²) < 4.78 is 10.7. The largest absolute Gasteiger partial charge is 0.383 e. The molecule has 1 aliphatic rings. The molecule has 4 heteroatoms. The molecule has 14 heavy (non-hydrogen) atoms. The maximum absolute atomic E-state index is 11.5. The van der Waals surface area contributed by atoms with E-state index in [1.165, 1.54) is 6.08 Å². The number of nitrogens with zero attached hydrogens (tertiary/aromatic N) is 1. The first-order valence-corrected chi connectivity index (χ1v) is 4.61. The van der Waals surface area contributed by atoms with Gasteiger partial charge in [-0.1, -0.05) is 0 Å². The predicted molar refractivity (Wildman–Crippen MR) is 52.7 cm³/mol. The first-order chi connectivity index (χ1) is 6.41. The van der Waals surface area contributed by atoms with Gasteiger partial charge in [0.1, 0.15) is 6.10 Å². The Morgan fingerprint density at radius 3 is 2.57 bits per heavy atom. The van der Waals surface area contributed by atoms with E-state index in [4.69, 9.17) is 9.47 Å². The number of hydrogen-bond donors (Lipinski definition) is 0. The molecule has 0 spiro atoms. The third kappa shape index (κ3) is 3.12. The van der Waals surface area contributed by atoms with Gasteiger partial charge in [-0.05, 0) is 19.9 Å². The number of hydrogen-bond acceptors (Lipinski definition) is 4.